The van der Waals surface area contributed by atoms with Crippen molar-refractivity contribution in [2.75, 3.05) is 19.6 Å². The predicted octanol–water partition coefficient (Wildman–Crippen LogP) is 3.52. The van der Waals surface area contributed by atoms with Crippen molar-refractivity contribution in [2.24, 2.45) is 0 Å². The van der Waals surface area contributed by atoms with E-state index in [9.17, 15) is 0 Å². The van der Waals surface area contributed by atoms with Gasteiger partial charge in [0.25, 0.3) is 0 Å². The minimum Gasteiger partial charge on any atom is -0.311 e. The summed E-state index contributed by atoms with van der Waals surface area (Å²) >= 11 is 5.39. The van der Waals surface area contributed by atoms with Crippen LogP contribution in [0.2, 0.25) is 0 Å². The van der Waals surface area contributed by atoms with Crippen LogP contribution in [0.25, 0.3) is 0 Å². The van der Waals surface area contributed by atoms with Crippen LogP contribution in [0, 0.1) is 0 Å². The third kappa shape index (κ3) is 4.65. The molecule has 2 heterocycles. The first kappa shape index (κ1) is 14.5. The second kappa shape index (κ2) is 7.04. The van der Waals surface area contributed by atoms with Gasteiger partial charge in [0.1, 0.15) is 0 Å². The molecule has 0 radical (unpaired) electrons. The van der Waals surface area contributed by atoms with Crippen molar-refractivity contribution < 1.29 is 0 Å². The standard InChI is InChI=1S/C14H23BrN2S/c1-11(2)16-12-4-3-8-17(10-12)9-7-13-5-6-14(15)18-13/h5-6,11-12,16H,3-4,7-10H2,1-2H3. The number of hydrogen-bond acceptors (Lipinski definition) is 3. The molecule has 0 saturated carbocycles. The van der Waals surface area contributed by atoms with Crippen molar-refractivity contribution in [1.82, 2.24) is 10.2 Å². The molecule has 1 saturated heterocycles. The van der Waals surface area contributed by atoms with Crippen LogP contribution in [-0.2, 0) is 6.42 Å². The summed E-state index contributed by atoms with van der Waals surface area (Å²) in [6.07, 6.45) is 3.85. The molecular formula is C14H23BrN2S. The van der Waals surface area contributed by atoms with Crippen LogP contribution < -0.4 is 5.32 Å². The Labute approximate surface area is 123 Å². The molecule has 1 unspecified atom stereocenters. The number of nitrogens with zero attached hydrogens (tertiary/aromatic N) is 1. The molecule has 2 rings (SSSR count). The molecule has 1 aliphatic rings. The SMILES string of the molecule is CC(C)NC1CCCN(CCc2ccc(Br)s2)C1. The second-order valence-corrected chi connectivity index (χ2v) is 7.96. The van der Waals surface area contributed by atoms with Gasteiger partial charge in [-0.25, -0.2) is 0 Å². The van der Waals surface area contributed by atoms with E-state index in [4.69, 9.17) is 0 Å². The molecule has 0 bridgehead atoms. The third-order valence-electron chi connectivity index (χ3n) is 3.38. The molecule has 18 heavy (non-hydrogen) atoms. The van der Waals surface area contributed by atoms with E-state index in [0.29, 0.717) is 12.1 Å². The van der Waals surface area contributed by atoms with Gasteiger partial charge in [0, 0.05) is 30.1 Å². The van der Waals surface area contributed by atoms with E-state index >= 15 is 0 Å². The third-order valence-corrected chi connectivity index (χ3v) is 5.06. The van der Waals surface area contributed by atoms with E-state index in [-0.39, 0.29) is 0 Å². The minimum atomic E-state index is 0.600. The summed E-state index contributed by atoms with van der Waals surface area (Å²) in [5.74, 6) is 0. The van der Waals surface area contributed by atoms with Gasteiger partial charge in [-0.3, -0.25) is 0 Å². The molecule has 0 spiro atoms. The highest BCUT2D eigenvalue weighted by Crippen LogP contribution is 2.23. The van der Waals surface area contributed by atoms with Crippen LogP contribution in [0.3, 0.4) is 0 Å². The Hall–Kier alpha value is 0.1000. The molecule has 4 heteroatoms. The van der Waals surface area contributed by atoms with Crippen LogP contribution in [0.4, 0.5) is 0 Å². The smallest absolute Gasteiger partial charge is 0.0701 e. The lowest BCUT2D eigenvalue weighted by molar-refractivity contribution is 0.187. The molecule has 0 aliphatic carbocycles. The number of hydrogen-bond donors (Lipinski definition) is 1. The first-order valence-corrected chi connectivity index (χ1v) is 8.47. The summed E-state index contributed by atoms with van der Waals surface area (Å²) in [7, 11) is 0. The number of likely N-dealkylation sites (tertiary alicyclic amines) is 1. The first-order valence-electron chi connectivity index (χ1n) is 6.86. The summed E-state index contributed by atoms with van der Waals surface area (Å²) in [5.41, 5.74) is 0. The van der Waals surface area contributed by atoms with Crippen LogP contribution in [-0.4, -0.2) is 36.6 Å². The molecule has 1 N–H and O–H groups in total. The summed E-state index contributed by atoms with van der Waals surface area (Å²) in [4.78, 5) is 4.10. The zero-order chi connectivity index (χ0) is 13.0. The van der Waals surface area contributed by atoms with Crippen molar-refractivity contribution in [3.8, 4) is 0 Å². The van der Waals surface area contributed by atoms with E-state index < -0.39 is 0 Å². The van der Waals surface area contributed by atoms with Crippen molar-refractivity contribution in [2.45, 2.75) is 45.2 Å². The van der Waals surface area contributed by atoms with E-state index in [1.165, 1.54) is 47.6 Å². The van der Waals surface area contributed by atoms with Gasteiger partial charge in [-0.2, -0.15) is 0 Å². The van der Waals surface area contributed by atoms with Crippen molar-refractivity contribution in [3.05, 3.63) is 20.8 Å². The highest BCUT2D eigenvalue weighted by Gasteiger charge is 2.19. The Morgan fingerprint density at radius 3 is 3.00 bits per heavy atom. The molecule has 1 atom stereocenters. The number of rotatable bonds is 5. The molecule has 102 valence electrons. The molecule has 0 amide bonds. The van der Waals surface area contributed by atoms with Crippen molar-refractivity contribution in [1.29, 1.82) is 0 Å². The molecule has 1 aromatic rings. The lowest BCUT2D eigenvalue weighted by atomic mass is 10.0. The number of piperidine rings is 1. The molecule has 1 aromatic heterocycles. The van der Waals surface area contributed by atoms with E-state index in [2.05, 4.69) is 52.1 Å². The van der Waals surface area contributed by atoms with Crippen LogP contribution in [0.15, 0.2) is 15.9 Å². The number of nitrogens with one attached hydrogen (secondary N) is 1. The number of thiophene rings is 1. The molecule has 2 nitrogen and oxygen atoms in total. The minimum absolute atomic E-state index is 0.600. The lowest BCUT2D eigenvalue weighted by Gasteiger charge is -2.34. The van der Waals surface area contributed by atoms with Crippen molar-refractivity contribution in [3.63, 3.8) is 0 Å². The highest BCUT2D eigenvalue weighted by molar-refractivity contribution is 9.11. The molecule has 0 aromatic carbocycles. The quantitative estimate of drug-likeness (QED) is 0.888. The van der Waals surface area contributed by atoms with E-state index in [1.54, 1.807) is 0 Å². The Morgan fingerprint density at radius 2 is 2.33 bits per heavy atom. The van der Waals surface area contributed by atoms with E-state index in [1.807, 2.05) is 11.3 Å². The first-order chi connectivity index (χ1) is 8.63. The Morgan fingerprint density at radius 1 is 1.50 bits per heavy atom. The number of halogens is 1. The van der Waals surface area contributed by atoms with Crippen LogP contribution in [0.5, 0.6) is 0 Å². The topological polar surface area (TPSA) is 15.3 Å². The maximum atomic E-state index is 3.67. The van der Waals surface area contributed by atoms with Gasteiger partial charge >= 0.3 is 0 Å². The second-order valence-electron chi connectivity index (χ2n) is 5.42. The van der Waals surface area contributed by atoms with Crippen molar-refractivity contribution >= 4 is 27.3 Å². The molecular weight excluding hydrogens is 308 g/mol. The average molecular weight is 331 g/mol. The van der Waals surface area contributed by atoms with E-state index in [0.717, 1.165) is 0 Å². The summed E-state index contributed by atoms with van der Waals surface area (Å²) in [6.45, 7) is 8.15. The lowest BCUT2D eigenvalue weighted by Crippen LogP contribution is -2.48. The Bertz CT molecular complexity index is 364. The fourth-order valence-corrected chi connectivity index (χ4v) is 4.09. The zero-order valence-electron chi connectivity index (χ0n) is 11.3. The Kier molecular flexibility index (Phi) is 5.67. The highest BCUT2D eigenvalue weighted by atomic mass is 79.9. The fourth-order valence-electron chi connectivity index (χ4n) is 2.62. The van der Waals surface area contributed by atoms with Gasteiger partial charge in [-0.05, 0) is 53.9 Å². The molecule has 1 aliphatic heterocycles. The maximum absolute atomic E-state index is 3.67. The van der Waals surface area contributed by atoms with Gasteiger partial charge in [-0.1, -0.05) is 13.8 Å². The summed E-state index contributed by atoms with van der Waals surface area (Å²) in [5, 5.41) is 3.67. The largest absolute Gasteiger partial charge is 0.311 e. The normalized spacial score (nSPS) is 21.7. The monoisotopic (exact) mass is 330 g/mol. The molecule has 1 fully saturated rings. The van der Waals surface area contributed by atoms with Gasteiger partial charge in [-0.15, -0.1) is 11.3 Å². The summed E-state index contributed by atoms with van der Waals surface area (Å²) in [6, 6.07) is 5.68. The zero-order valence-corrected chi connectivity index (χ0v) is 13.7. The van der Waals surface area contributed by atoms with Gasteiger partial charge < -0.3 is 10.2 Å². The van der Waals surface area contributed by atoms with Crippen LogP contribution >= 0.6 is 27.3 Å². The Balaban J connectivity index is 1.75. The fraction of sp³-hybridized carbons (Fsp3) is 0.714. The average Bonchev–Trinajstić information content (AvgIpc) is 2.72. The van der Waals surface area contributed by atoms with Gasteiger partial charge in [0.2, 0.25) is 0 Å². The van der Waals surface area contributed by atoms with Crippen LogP contribution in [0.1, 0.15) is 31.6 Å². The summed E-state index contributed by atoms with van der Waals surface area (Å²) < 4.78 is 1.25. The predicted molar refractivity (Wildman–Crippen MR) is 83.5 cm³/mol. The maximum Gasteiger partial charge on any atom is 0.0701 e. The van der Waals surface area contributed by atoms with Gasteiger partial charge in [0.05, 0.1) is 3.79 Å². The van der Waals surface area contributed by atoms with Gasteiger partial charge in [0.15, 0.2) is 0 Å².